The Morgan fingerprint density at radius 3 is 2.60 bits per heavy atom. The number of hydrogen-bond donors (Lipinski definition) is 1. The van der Waals surface area contributed by atoms with E-state index in [0.29, 0.717) is 12.8 Å². The highest BCUT2D eigenvalue weighted by atomic mass is 32.2. The van der Waals surface area contributed by atoms with Crippen LogP contribution in [0.3, 0.4) is 0 Å². The lowest BCUT2D eigenvalue weighted by Gasteiger charge is -2.37. The zero-order valence-corrected chi connectivity index (χ0v) is 14.9. The van der Waals surface area contributed by atoms with Crippen molar-refractivity contribution in [3.8, 4) is 0 Å². The van der Waals surface area contributed by atoms with Crippen LogP contribution >= 0.6 is 0 Å². The SMILES string of the molecule is CS(=O)(=O)N1[C@H]2CC[C@H]1CC(NC(=O)Cn1cnc3ccccc31)C2. The van der Waals surface area contributed by atoms with Gasteiger partial charge < -0.3 is 9.88 Å². The molecule has 0 spiro atoms. The van der Waals surface area contributed by atoms with Gasteiger partial charge in [0.1, 0.15) is 6.54 Å². The number of carbonyl (C=O) groups excluding carboxylic acids is 1. The standard InChI is InChI=1S/C17H22N4O3S/c1-25(23,24)21-13-6-7-14(21)9-12(8-13)19-17(22)10-20-11-18-15-4-2-3-5-16(15)20/h2-5,11-14H,6-10H2,1H3,(H,19,22)/t13-,14-/m0/s1. The van der Waals surface area contributed by atoms with Crippen LogP contribution in [0.1, 0.15) is 25.7 Å². The van der Waals surface area contributed by atoms with Crippen molar-refractivity contribution >= 4 is 27.0 Å². The summed E-state index contributed by atoms with van der Waals surface area (Å²) in [6, 6.07) is 7.80. The van der Waals surface area contributed by atoms with Gasteiger partial charge in [0, 0.05) is 18.1 Å². The molecule has 0 unspecified atom stereocenters. The van der Waals surface area contributed by atoms with Crippen molar-refractivity contribution in [2.24, 2.45) is 0 Å². The van der Waals surface area contributed by atoms with Gasteiger partial charge in [-0.15, -0.1) is 0 Å². The summed E-state index contributed by atoms with van der Waals surface area (Å²) in [5, 5.41) is 3.09. The second-order valence-corrected chi connectivity index (χ2v) is 8.96. The molecule has 2 aliphatic heterocycles. The molecule has 2 atom stereocenters. The van der Waals surface area contributed by atoms with Crippen molar-refractivity contribution in [2.45, 2.75) is 50.4 Å². The molecule has 4 rings (SSSR count). The number of amides is 1. The zero-order chi connectivity index (χ0) is 17.6. The van der Waals surface area contributed by atoms with Gasteiger partial charge in [-0.05, 0) is 37.8 Å². The number of rotatable bonds is 4. The normalized spacial score (nSPS) is 26.8. The molecule has 1 amide bonds. The first kappa shape index (κ1) is 16.5. The predicted octanol–water partition coefficient (Wildman–Crippen LogP) is 1.11. The van der Waals surface area contributed by atoms with E-state index in [1.54, 1.807) is 10.6 Å². The third-order valence-electron chi connectivity index (χ3n) is 5.26. The molecule has 0 radical (unpaired) electrons. The molecular formula is C17H22N4O3S. The van der Waals surface area contributed by atoms with Crippen LogP contribution in [0.2, 0.25) is 0 Å². The Bertz CT molecular complexity index is 894. The van der Waals surface area contributed by atoms with E-state index in [-0.39, 0.29) is 30.6 Å². The van der Waals surface area contributed by atoms with Gasteiger partial charge in [0.05, 0.1) is 23.6 Å². The number of imidazole rings is 1. The Hall–Kier alpha value is -1.93. The van der Waals surface area contributed by atoms with Crippen molar-refractivity contribution in [1.82, 2.24) is 19.2 Å². The van der Waals surface area contributed by atoms with Crippen molar-refractivity contribution < 1.29 is 13.2 Å². The molecule has 2 saturated heterocycles. The van der Waals surface area contributed by atoms with Crippen molar-refractivity contribution in [3.05, 3.63) is 30.6 Å². The van der Waals surface area contributed by atoms with Gasteiger partial charge in [-0.3, -0.25) is 4.79 Å². The van der Waals surface area contributed by atoms with E-state index in [2.05, 4.69) is 10.3 Å². The number of nitrogens with zero attached hydrogens (tertiary/aromatic N) is 3. The summed E-state index contributed by atoms with van der Waals surface area (Å²) in [7, 11) is -3.17. The molecule has 1 N–H and O–H groups in total. The Labute approximate surface area is 147 Å². The van der Waals surface area contributed by atoms with Crippen LogP contribution in [0.4, 0.5) is 0 Å². The van der Waals surface area contributed by atoms with Gasteiger partial charge >= 0.3 is 0 Å². The largest absolute Gasteiger partial charge is 0.352 e. The number of piperidine rings is 1. The molecule has 8 heteroatoms. The number of para-hydroxylation sites is 2. The van der Waals surface area contributed by atoms with Gasteiger partial charge in [-0.2, -0.15) is 4.31 Å². The van der Waals surface area contributed by atoms with Gasteiger partial charge in [-0.1, -0.05) is 12.1 Å². The topological polar surface area (TPSA) is 84.3 Å². The Kier molecular flexibility index (Phi) is 4.04. The lowest BCUT2D eigenvalue weighted by atomic mass is 10.00. The third-order valence-corrected chi connectivity index (χ3v) is 6.62. The first-order valence-electron chi connectivity index (χ1n) is 8.59. The molecule has 134 valence electrons. The highest BCUT2D eigenvalue weighted by molar-refractivity contribution is 7.88. The third kappa shape index (κ3) is 3.16. The molecule has 2 fully saturated rings. The lowest BCUT2D eigenvalue weighted by molar-refractivity contribution is -0.122. The molecular weight excluding hydrogens is 340 g/mol. The van der Waals surface area contributed by atoms with E-state index >= 15 is 0 Å². The van der Waals surface area contributed by atoms with Gasteiger partial charge in [-0.25, -0.2) is 13.4 Å². The molecule has 2 aliphatic rings. The Morgan fingerprint density at radius 1 is 1.24 bits per heavy atom. The summed E-state index contributed by atoms with van der Waals surface area (Å²) in [6.07, 6.45) is 6.12. The summed E-state index contributed by atoms with van der Waals surface area (Å²) in [6.45, 7) is 0.224. The second kappa shape index (κ2) is 6.10. The number of sulfonamides is 1. The first-order valence-corrected chi connectivity index (χ1v) is 10.4. The first-order chi connectivity index (χ1) is 11.9. The number of nitrogens with one attached hydrogen (secondary N) is 1. The van der Waals surface area contributed by atoms with Crippen molar-refractivity contribution in [1.29, 1.82) is 0 Å². The minimum atomic E-state index is -3.17. The van der Waals surface area contributed by atoms with E-state index in [4.69, 9.17) is 0 Å². The average molecular weight is 362 g/mol. The van der Waals surface area contributed by atoms with Gasteiger partial charge in [0.15, 0.2) is 0 Å². The van der Waals surface area contributed by atoms with Gasteiger partial charge in [0.2, 0.25) is 15.9 Å². The molecule has 2 bridgehead atoms. The van der Waals surface area contributed by atoms with Crippen molar-refractivity contribution in [3.63, 3.8) is 0 Å². The molecule has 7 nitrogen and oxygen atoms in total. The maximum absolute atomic E-state index is 12.4. The number of benzene rings is 1. The maximum Gasteiger partial charge on any atom is 0.240 e. The van der Waals surface area contributed by atoms with E-state index in [0.717, 1.165) is 23.9 Å². The van der Waals surface area contributed by atoms with Crippen LogP contribution in [0.15, 0.2) is 30.6 Å². The lowest BCUT2D eigenvalue weighted by Crippen LogP contribution is -2.52. The number of hydrogen-bond acceptors (Lipinski definition) is 4. The van der Waals surface area contributed by atoms with Crippen LogP contribution < -0.4 is 5.32 Å². The smallest absolute Gasteiger partial charge is 0.240 e. The Morgan fingerprint density at radius 2 is 1.92 bits per heavy atom. The summed E-state index contributed by atoms with van der Waals surface area (Å²) in [4.78, 5) is 16.7. The van der Waals surface area contributed by atoms with Crippen LogP contribution in [0.25, 0.3) is 11.0 Å². The fourth-order valence-corrected chi connectivity index (χ4v) is 5.82. The number of aromatic nitrogens is 2. The highest BCUT2D eigenvalue weighted by Crippen LogP contribution is 2.37. The van der Waals surface area contributed by atoms with E-state index in [1.807, 2.05) is 28.8 Å². The number of carbonyl (C=O) groups is 1. The molecule has 1 aromatic heterocycles. The fraction of sp³-hybridized carbons (Fsp3) is 0.529. The summed E-state index contributed by atoms with van der Waals surface area (Å²) in [5.41, 5.74) is 1.81. The number of fused-ring (bicyclic) bond motifs is 3. The predicted molar refractivity (Wildman–Crippen MR) is 94.4 cm³/mol. The highest BCUT2D eigenvalue weighted by Gasteiger charge is 2.45. The van der Waals surface area contributed by atoms with Crippen LogP contribution in [0.5, 0.6) is 0 Å². The van der Waals surface area contributed by atoms with Gasteiger partial charge in [0.25, 0.3) is 0 Å². The minimum Gasteiger partial charge on any atom is -0.352 e. The quantitative estimate of drug-likeness (QED) is 0.883. The molecule has 25 heavy (non-hydrogen) atoms. The molecule has 2 aromatic rings. The van der Waals surface area contributed by atoms with Crippen LogP contribution in [0, 0.1) is 0 Å². The maximum atomic E-state index is 12.4. The van der Waals surface area contributed by atoms with E-state index in [9.17, 15) is 13.2 Å². The average Bonchev–Trinajstić information content (AvgIpc) is 3.07. The van der Waals surface area contributed by atoms with Crippen LogP contribution in [-0.4, -0.2) is 52.6 Å². The fourth-order valence-electron chi connectivity index (χ4n) is 4.36. The summed E-state index contributed by atoms with van der Waals surface area (Å²) < 4.78 is 27.4. The molecule has 3 heterocycles. The van der Waals surface area contributed by atoms with Crippen molar-refractivity contribution in [2.75, 3.05) is 6.26 Å². The molecule has 1 aromatic carbocycles. The van der Waals surface area contributed by atoms with Crippen LogP contribution in [-0.2, 0) is 21.4 Å². The molecule has 0 aliphatic carbocycles. The van der Waals surface area contributed by atoms with E-state index in [1.165, 1.54) is 6.26 Å². The monoisotopic (exact) mass is 362 g/mol. The molecule has 0 saturated carbocycles. The Balaban J connectivity index is 1.41. The van der Waals surface area contributed by atoms with E-state index < -0.39 is 10.0 Å². The minimum absolute atomic E-state index is 0.0214. The summed E-state index contributed by atoms with van der Waals surface area (Å²) >= 11 is 0. The second-order valence-electron chi connectivity index (χ2n) is 7.07. The zero-order valence-electron chi connectivity index (χ0n) is 14.1. The summed E-state index contributed by atoms with van der Waals surface area (Å²) in [5.74, 6) is -0.0552.